The van der Waals surface area contributed by atoms with Gasteiger partial charge in [0.2, 0.25) is 5.76 Å². The van der Waals surface area contributed by atoms with E-state index >= 15 is 0 Å². The maximum absolute atomic E-state index is 12.7. The molecule has 1 fully saturated rings. The van der Waals surface area contributed by atoms with Crippen molar-refractivity contribution in [3.63, 3.8) is 0 Å². The second-order valence-corrected chi connectivity index (χ2v) is 6.40. The van der Waals surface area contributed by atoms with Crippen LogP contribution in [0.25, 0.3) is 0 Å². The Morgan fingerprint density at radius 3 is 3.09 bits per heavy atom. The maximum atomic E-state index is 12.7. The van der Waals surface area contributed by atoms with Gasteiger partial charge < -0.3 is 14.2 Å². The zero-order valence-corrected chi connectivity index (χ0v) is 13.2. The fraction of sp³-hybridized carbons (Fsp3) is 0.600. The van der Waals surface area contributed by atoms with Gasteiger partial charge in [-0.25, -0.2) is 4.68 Å². The summed E-state index contributed by atoms with van der Waals surface area (Å²) in [5.41, 5.74) is 1.74. The Bertz CT molecular complexity index is 722. The summed E-state index contributed by atoms with van der Waals surface area (Å²) in [4.78, 5) is 14.5. The van der Waals surface area contributed by atoms with E-state index in [4.69, 9.17) is 9.26 Å². The number of hydrogen-bond donors (Lipinski definition) is 0. The second kappa shape index (κ2) is 5.45. The van der Waals surface area contributed by atoms with Crippen LogP contribution in [-0.4, -0.2) is 50.2 Å². The smallest absolute Gasteiger partial charge is 0.292 e. The average molecular weight is 317 g/mol. The van der Waals surface area contributed by atoms with E-state index in [-0.39, 0.29) is 24.0 Å². The summed E-state index contributed by atoms with van der Waals surface area (Å²) in [5, 5.41) is 12.1. The van der Waals surface area contributed by atoms with Gasteiger partial charge in [-0.15, -0.1) is 5.10 Å². The molecule has 0 aliphatic carbocycles. The van der Waals surface area contributed by atoms with Crippen LogP contribution in [0.4, 0.5) is 0 Å². The predicted molar refractivity (Wildman–Crippen MR) is 78.7 cm³/mol. The number of aromatic nitrogens is 4. The number of nitrogens with zero attached hydrogens (tertiary/aromatic N) is 5. The third-order valence-corrected chi connectivity index (χ3v) is 4.55. The van der Waals surface area contributed by atoms with Crippen LogP contribution in [0, 0.1) is 0 Å². The molecule has 8 heteroatoms. The Morgan fingerprint density at radius 1 is 1.43 bits per heavy atom. The van der Waals surface area contributed by atoms with E-state index in [0.29, 0.717) is 25.5 Å². The van der Waals surface area contributed by atoms with Gasteiger partial charge in [-0.3, -0.25) is 4.79 Å². The number of fused-ring (bicyclic) bond motifs is 3. The van der Waals surface area contributed by atoms with E-state index in [1.807, 2.05) is 18.5 Å². The van der Waals surface area contributed by atoms with Crippen molar-refractivity contribution in [3.8, 4) is 0 Å². The standard InChI is InChI=1S/C15H19N5O3/c1-9(2)11-5-14(23-17-11)15(21)19-4-3-13-12(7-19)20-10(8-22-13)6-16-18-20/h5-6,9,12-13H,3-4,7-8H2,1-2H3/t12-,13+/m0/s1. The molecule has 2 aliphatic rings. The van der Waals surface area contributed by atoms with Crippen LogP contribution < -0.4 is 0 Å². The van der Waals surface area contributed by atoms with E-state index in [1.165, 1.54) is 0 Å². The molecule has 2 aromatic heterocycles. The van der Waals surface area contributed by atoms with Crippen molar-refractivity contribution in [2.45, 2.75) is 44.9 Å². The highest BCUT2D eigenvalue weighted by atomic mass is 16.5. The third-order valence-electron chi connectivity index (χ3n) is 4.55. The molecule has 4 rings (SSSR count). The minimum Gasteiger partial charge on any atom is -0.370 e. The van der Waals surface area contributed by atoms with Crippen molar-refractivity contribution in [1.82, 2.24) is 25.1 Å². The Balaban J connectivity index is 1.54. The molecule has 0 radical (unpaired) electrons. The van der Waals surface area contributed by atoms with Crippen molar-refractivity contribution >= 4 is 5.91 Å². The lowest BCUT2D eigenvalue weighted by molar-refractivity contribution is -0.0609. The Hall–Kier alpha value is -2.22. The molecule has 0 unspecified atom stereocenters. The molecule has 0 N–H and O–H groups in total. The van der Waals surface area contributed by atoms with Crippen molar-refractivity contribution in [2.75, 3.05) is 13.1 Å². The summed E-state index contributed by atoms with van der Waals surface area (Å²) in [6, 6.07) is 1.74. The van der Waals surface area contributed by atoms with Crippen LogP contribution >= 0.6 is 0 Å². The zero-order chi connectivity index (χ0) is 16.0. The fourth-order valence-electron chi connectivity index (χ4n) is 3.18. The van der Waals surface area contributed by atoms with Crippen molar-refractivity contribution in [3.05, 3.63) is 29.4 Å². The first kappa shape index (κ1) is 14.4. The lowest BCUT2D eigenvalue weighted by Crippen LogP contribution is -2.49. The van der Waals surface area contributed by atoms with Crippen molar-refractivity contribution in [1.29, 1.82) is 0 Å². The van der Waals surface area contributed by atoms with Gasteiger partial charge in [0.05, 0.1) is 36.3 Å². The molecule has 1 amide bonds. The summed E-state index contributed by atoms with van der Waals surface area (Å²) < 4.78 is 13.0. The zero-order valence-electron chi connectivity index (χ0n) is 13.2. The lowest BCUT2D eigenvalue weighted by Gasteiger charge is -2.40. The molecule has 1 saturated heterocycles. The SMILES string of the molecule is CC(C)c1cc(C(=O)N2CC[C@H]3OCc4cnnn4[C@H]3C2)on1. The summed E-state index contributed by atoms with van der Waals surface area (Å²) in [7, 11) is 0. The van der Waals surface area contributed by atoms with Crippen molar-refractivity contribution in [2.24, 2.45) is 0 Å². The van der Waals surface area contributed by atoms with Gasteiger partial charge >= 0.3 is 0 Å². The molecule has 0 saturated carbocycles. The molecule has 23 heavy (non-hydrogen) atoms. The van der Waals surface area contributed by atoms with Gasteiger partial charge in [-0.2, -0.15) is 0 Å². The number of ether oxygens (including phenoxy) is 1. The first-order chi connectivity index (χ1) is 11.1. The van der Waals surface area contributed by atoms with E-state index < -0.39 is 0 Å². The van der Waals surface area contributed by atoms with E-state index in [1.54, 1.807) is 17.2 Å². The first-order valence-corrected chi connectivity index (χ1v) is 7.90. The molecule has 4 heterocycles. The lowest BCUT2D eigenvalue weighted by atomic mass is 10.00. The molecule has 2 aliphatic heterocycles. The van der Waals surface area contributed by atoms with E-state index in [2.05, 4.69) is 15.5 Å². The minimum atomic E-state index is -0.130. The van der Waals surface area contributed by atoms with Gasteiger partial charge in [-0.05, 0) is 12.3 Å². The van der Waals surface area contributed by atoms with Crippen LogP contribution in [0.15, 0.2) is 16.8 Å². The summed E-state index contributed by atoms with van der Waals surface area (Å²) >= 11 is 0. The molecule has 0 bridgehead atoms. The third kappa shape index (κ3) is 2.42. The minimum absolute atomic E-state index is 0.00596. The summed E-state index contributed by atoms with van der Waals surface area (Å²) in [6.45, 7) is 5.74. The van der Waals surface area contributed by atoms with Gasteiger partial charge in [0.15, 0.2) is 0 Å². The van der Waals surface area contributed by atoms with Crippen LogP contribution in [0.3, 0.4) is 0 Å². The van der Waals surface area contributed by atoms with Gasteiger partial charge in [0, 0.05) is 19.2 Å². The molecular formula is C15H19N5O3. The Labute approximate surface area is 133 Å². The first-order valence-electron chi connectivity index (χ1n) is 7.90. The number of likely N-dealkylation sites (tertiary alicyclic amines) is 1. The number of piperidine rings is 1. The summed E-state index contributed by atoms with van der Waals surface area (Å²) in [6.07, 6.45) is 2.57. The largest absolute Gasteiger partial charge is 0.370 e. The predicted octanol–water partition coefficient (Wildman–Crippen LogP) is 1.38. The fourth-order valence-corrected chi connectivity index (χ4v) is 3.18. The maximum Gasteiger partial charge on any atom is 0.292 e. The van der Waals surface area contributed by atoms with E-state index in [0.717, 1.165) is 17.8 Å². The molecule has 0 spiro atoms. The molecule has 0 aromatic carbocycles. The Kier molecular flexibility index (Phi) is 3.41. The number of hydrogen-bond acceptors (Lipinski definition) is 6. The highest BCUT2D eigenvalue weighted by molar-refractivity contribution is 5.91. The topological polar surface area (TPSA) is 86.3 Å². The van der Waals surface area contributed by atoms with E-state index in [9.17, 15) is 4.79 Å². The van der Waals surface area contributed by atoms with Crippen LogP contribution in [0.2, 0.25) is 0 Å². The number of amides is 1. The quantitative estimate of drug-likeness (QED) is 0.831. The normalized spacial score (nSPS) is 23.7. The molecular weight excluding hydrogens is 298 g/mol. The number of carbonyl (C=O) groups excluding carboxylic acids is 1. The monoisotopic (exact) mass is 317 g/mol. The highest BCUT2D eigenvalue weighted by Crippen LogP contribution is 2.30. The molecule has 122 valence electrons. The average Bonchev–Trinajstić information content (AvgIpc) is 3.22. The molecule has 2 atom stereocenters. The highest BCUT2D eigenvalue weighted by Gasteiger charge is 2.38. The van der Waals surface area contributed by atoms with Crippen molar-refractivity contribution < 1.29 is 14.1 Å². The second-order valence-electron chi connectivity index (χ2n) is 6.40. The number of rotatable bonds is 2. The van der Waals surface area contributed by atoms with Gasteiger partial charge in [0.1, 0.15) is 0 Å². The number of carbonyl (C=O) groups is 1. The summed E-state index contributed by atoms with van der Waals surface area (Å²) in [5.74, 6) is 0.397. The van der Waals surface area contributed by atoms with Gasteiger partial charge in [0.25, 0.3) is 5.91 Å². The Morgan fingerprint density at radius 2 is 2.30 bits per heavy atom. The van der Waals surface area contributed by atoms with Crippen LogP contribution in [0.5, 0.6) is 0 Å². The van der Waals surface area contributed by atoms with Crippen LogP contribution in [-0.2, 0) is 11.3 Å². The van der Waals surface area contributed by atoms with Gasteiger partial charge in [-0.1, -0.05) is 24.2 Å². The molecule has 2 aromatic rings. The van der Waals surface area contributed by atoms with Crippen LogP contribution in [0.1, 0.15) is 54.2 Å². The molecule has 8 nitrogen and oxygen atoms in total.